The fraction of sp³-hybridized carbons (Fsp3) is 0.571. The second kappa shape index (κ2) is 12.2. The zero-order valence-corrected chi connectivity index (χ0v) is 20.6. The highest BCUT2D eigenvalue weighted by Gasteiger charge is 2.33. The molecule has 8 nitrogen and oxygen atoms in total. The summed E-state index contributed by atoms with van der Waals surface area (Å²) in [5.74, 6) is 1.83. The molecular weight excluding hydrogens is 475 g/mol. The van der Waals surface area contributed by atoms with Crippen molar-refractivity contribution in [2.24, 2.45) is 0 Å². The van der Waals surface area contributed by atoms with Crippen molar-refractivity contribution in [1.29, 1.82) is 0 Å². The maximum absolute atomic E-state index is 12.4. The Hall–Kier alpha value is -1.38. The fourth-order valence-corrected chi connectivity index (χ4v) is 5.64. The lowest BCUT2D eigenvalue weighted by molar-refractivity contribution is -0.122. The Labute approximate surface area is 200 Å². The molecule has 1 amide bonds. The van der Waals surface area contributed by atoms with Crippen molar-refractivity contribution in [3.8, 4) is 12.3 Å². The molecule has 0 radical (unpaired) electrons. The van der Waals surface area contributed by atoms with Crippen LogP contribution in [0.2, 0.25) is 10.0 Å². The van der Waals surface area contributed by atoms with Gasteiger partial charge >= 0.3 is 0 Å². The van der Waals surface area contributed by atoms with Gasteiger partial charge in [-0.25, -0.2) is 8.42 Å². The maximum atomic E-state index is 12.4. The fourth-order valence-electron chi connectivity index (χ4n) is 3.83. The number of terminal acetylenes is 1. The predicted molar refractivity (Wildman–Crippen MR) is 127 cm³/mol. The summed E-state index contributed by atoms with van der Waals surface area (Å²) < 4.78 is 26.0. The number of sulfonamides is 1. The first-order valence-corrected chi connectivity index (χ1v) is 12.9. The van der Waals surface area contributed by atoms with Crippen molar-refractivity contribution >= 4 is 39.1 Å². The van der Waals surface area contributed by atoms with Crippen LogP contribution in [0.4, 0.5) is 0 Å². The Kier molecular flexibility index (Phi) is 10.2. The minimum Gasteiger partial charge on any atom is -0.377 e. The van der Waals surface area contributed by atoms with E-state index in [0.29, 0.717) is 36.0 Å². The largest absolute Gasteiger partial charge is 0.377 e. The van der Waals surface area contributed by atoms with Gasteiger partial charge in [0.15, 0.2) is 0 Å². The molecule has 1 heterocycles. The lowest BCUT2D eigenvalue weighted by Crippen LogP contribution is -2.51. The molecule has 2 rings (SSSR count). The van der Waals surface area contributed by atoms with Crippen molar-refractivity contribution in [1.82, 2.24) is 19.8 Å². The van der Waals surface area contributed by atoms with Gasteiger partial charge < -0.3 is 10.4 Å². The van der Waals surface area contributed by atoms with E-state index >= 15 is 0 Å². The van der Waals surface area contributed by atoms with E-state index < -0.39 is 22.2 Å². The number of aliphatic hydroxyl groups excluding tert-OH is 1. The summed E-state index contributed by atoms with van der Waals surface area (Å²) in [6.07, 6.45) is 6.33. The van der Waals surface area contributed by atoms with E-state index in [2.05, 4.69) is 21.5 Å². The van der Waals surface area contributed by atoms with E-state index in [4.69, 9.17) is 29.6 Å². The van der Waals surface area contributed by atoms with Crippen molar-refractivity contribution in [3.63, 3.8) is 0 Å². The van der Waals surface area contributed by atoms with Gasteiger partial charge in [-0.2, -0.15) is 4.31 Å². The van der Waals surface area contributed by atoms with Crippen molar-refractivity contribution < 1.29 is 18.3 Å². The Morgan fingerprint density at radius 3 is 2.47 bits per heavy atom. The molecule has 0 spiro atoms. The molecule has 1 aromatic carbocycles. The highest BCUT2D eigenvalue weighted by Crippen LogP contribution is 2.35. The molecule has 0 aromatic heterocycles. The number of nitrogens with one attached hydrogen (secondary N) is 2. The Morgan fingerprint density at radius 2 is 1.94 bits per heavy atom. The normalized spacial score (nSPS) is 17.7. The van der Waals surface area contributed by atoms with Crippen LogP contribution >= 0.6 is 23.2 Å². The number of nitrogens with zero attached hydrogens (tertiary/aromatic N) is 2. The van der Waals surface area contributed by atoms with Crippen LogP contribution in [0.3, 0.4) is 0 Å². The Balaban J connectivity index is 1.97. The zero-order chi connectivity index (χ0) is 23.9. The summed E-state index contributed by atoms with van der Waals surface area (Å²) in [5.41, 5.74) is 0.852. The first kappa shape index (κ1) is 26.9. The van der Waals surface area contributed by atoms with E-state index in [1.165, 1.54) is 4.31 Å². The van der Waals surface area contributed by atoms with Gasteiger partial charge in [-0.05, 0) is 31.9 Å². The quantitative estimate of drug-likeness (QED) is 0.329. The molecule has 0 aliphatic carbocycles. The smallest absolute Gasteiger partial charge is 0.235 e. The number of hydrogen-bond acceptors (Lipinski definition) is 6. The van der Waals surface area contributed by atoms with Crippen LogP contribution in [0, 0.1) is 12.3 Å². The number of piperidine rings is 1. The van der Waals surface area contributed by atoms with E-state index in [1.807, 2.05) is 6.92 Å². The lowest BCUT2D eigenvalue weighted by atomic mass is 10.00. The van der Waals surface area contributed by atoms with Gasteiger partial charge in [0.1, 0.15) is 6.23 Å². The van der Waals surface area contributed by atoms with Crippen LogP contribution in [0.25, 0.3) is 0 Å². The number of hydrogen-bond donors (Lipinski definition) is 3. The van der Waals surface area contributed by atoms with Crippen LogP contribution in [-0.4, -0.2) is 79.9 Å². The summed E-state index contributed by atoms with van der Waals surface area (Å²) in [6.45, 7) is 3.06. The van der Waals surface area contributed by atoms with Crippen LogP contribution in [0.15, 0.2) is 18.2 Å². The first-order chi connectivity index (χ1) is 15.0. The monoisotopic (exact) mass is 504 g/mol. The number of halogens is 2. The number of carbonyl (C=O) groups excluding carboxylic acids is 1. The Morgan fingerprint density at radius 1 is 1.34 bits per heavy atom. The third-order valence-corrected chi connectivity index (χ3v) is 7.47. The molecule has 1 fully saturated rings. The number of rotatable bonds is 10. The third kappa shape index (κ3) is 7.59. The molecule has 1 aliphatic rings. The number of amides is 1. The first-order valence-electron chi connectivity index (χ1n) is 10.3. The van der Waals surface area contributed by atoms with Gasteiger partial charge in [-0.3, -0.25) is 15.0 Å². The van der Waals surface area contributed by atoms with E-state index in [-0.39, 0.29) is 31.7 Å². The van der Waals surface area contributed by atoms with Gasteiger partial charge in [-0.15, -0.1) is 6.42 Å². The average Bonchev–Trinajstić information content (AvgIpc) is 2.73. The van der Waals surface area contributed by atoms with E-state index in [9.17, 15) is 18.3 Å². The summed E-state index contributed by atoms with van der Waals surface area (Å²) in [7, 11) is -3.61. The zero-order valence-electron chi connectivity index (χ0n) is 18.2. The van der Waals surface area contributed by atoms with Gasteiger partial charge in [-0.1, -0.05) is 35.2 Å². The highest BCUT2D eigenvalue weighted by atomic mass is 35.5. The van der Waals surface area contributed by atoms with Crippen LogP contribution in [-0.2, 0) is 14.8 Å². The second-order valence-electron chi connectivity index (χ2n) is 7.79. The molecule has 32 heavy (non-hydrogen) atoms. The van der Waals surface area contributed by atoms with Gasteiger partial charge in [0.25, 0.3) is 0 Å². The molecular formula is C21H30Cl2N4O4S. The van der Waals surface area contributed by atoms with Crippen molar-refractivity contribution in [2.45, 2.75) is 38.1 Å². The molecule has 1 saturated heterocycles. The topological polar surface area (TPSA) is 102 Å². The van der Waals surface area contributed by atoms with Gasteiger partial charge in [0.05, 0.1) is 25.9 Å². The second-order valence-corrected chi connectivity index (χ2v) is 10.5. The minimum absolute atomic E-state index is 0.0240. The molecule has 0 bridgehead atoms. The van der Waals surface area contributed by atoms with Gasteiger partial charge in [0, 0.05) is 40.8 Å². The molecule has 3 N–H and O–H groups in total. The average molecular weight is 505 g/mol. The van der Waals surface area contributed by atoms with E-state index in [0.717, 1.165) is 11.8 Å². The lowest BCUT2D eigenvalue weighted by Gasteiger charge is -2.40. The number of likely N-dealkylation sites (tertiary alicyclic amines) is 1. The maximum Gasteiger partial charge on any atom is 0.235 e. The molecule has 2 atom stereocenters. The van der Waals surface area contributed by atoms with Crippen LogP contribution in [0.1, 0.15) is 31.4 Å². The number of benzene rings is 1. The van der Waals surface area contributed by atoms with Crippen molar-refractivity contribution in [2.75, 3.05) is 39.0 Å². The summed E-state index contributed by atoms with van der Waals surface area (Å²) >= 11 is 12.7. The molecule has 11 heteroatoms. The SMILES string of the molecule is C#CCNC(O)CNC(=O)CN(C1CCN(C(C)c2c(Cl)cccc2Cl)CC1)S(C)(=O)=O. The molecule has 1 aliphatic heterocycles. The molecule has 0 saturated carbocycles. The summed E-state index contributed by atoms with van der Waals surface area (Å²) in [6, 6.07) is 5.07. The highest BCUT2D eigenvalue weighted by molar-refractivity contribution is 7.88. The molecule has 1 aromatic rings. The third-order valence-electron chi connectivity index (χ3n) is 5.53. The Bertz CT molecular complexity index is 910. The van der Waals surface area contributed by atoms with Crippen LogP contribution < -0.4 is 10.6 Å². The minimum atomic E-state index is -3.61. The number of aliphatic hydroxyl groups is 1. The molecule has 2 unspecified atom stereocenters. The number of carbonyl (C=O) groups is 1. The predicted octanol–water partition coefficient (Wildman–Crippen LogP) is 1.44. The van der Waals surface area contributed by atoms with Gasteiger partial charge in [0.2, 0.25) is 15.9 Å². The summed E-state index contributed by atoms with van der Waals surface area (Å²) in [5, 5.41) is 16.1. The molecule has 178 valence electrons. The van der Waals surface area contributed by atoms with Crippen molar-refractivity contribution in [3.05, 3.63) is 33.8 Å². The summed E-state index contributed by atoms with van der Waals surface area (Å²) in [4.78, 5) is 14.5. The standard InChI is InChI=1S/C21H30Cl2N4O4S/c1-4-10-24-19(28)13-25-20(29)14-27(32(3,30)31)16-8-11-26(12-9-16)15(2)21-17(22)6-5-7-18(21)23/h1,5-7,15-16,19,24,28H,8-14H2,2-3H3,(H,25,29). The van der Waals surface area contributed by atoms with Crippen LogP contribution in [0.5, 0.6) is 0 Å². The van der Waals surface area contributed by atoms with E-state index in [1.54, 1.807) is 18.2 Å².